The highest BCUT2D eigenvalue weighted by Gasteiger charge is 2.06. The van der Waals surface area contributed by atoms with Crippen molar-refractivity contribution in [3.05, 3.63) is 47.8 Å². The number of nitrogens with zero attached hydrogens (tertiary/aromatic N) is 2. The topological polar surface area (TPSA) is 15.6 Å². The van der Waals surface area contributed by atoms with Crippen LogP contribution in [0.3, 0.4) is 0 Å². The van der Waals surface area contributed by atoms with E-state index in [1.165, 1.54) is 11.3 Å². The lowest BCUT2D eigenvalue weighted by Gasteiger charge is -2.09. The summed E-state index contributed by atoms with van der Waals surface area (Å²) in [5, 5.41) is 0. The molecule has 1 aliphatic rings. The summed E-state index contributed by atoms with van der Waals surface area (Å²) in [4.78, 5) is 0. The lowest BCUT2D eigenvalue weighted by atomic mass is 10.2. The van der Waals surface area contributed by atoms with Gasteiger partial charge in [-0.25, -0.2) is 3.15 Å². The highest BCUT2D eigenvalue weighted by Crippen LogP contribution is 2.27. The van der Waals surface area contributed by atoms with Gasteiger partial charge in [0.05, 0.1) is 12.2 Å². The molecule has 0 N–H and O–H groups in total. The Labute approximate surface area is 95.1 Å². The van der Waals surface area contributed by atoms with Gasteiger partial charge in [-0.05, 0) is 12.0 Å². The Balaban J connectivity index is 2.01. The third kappa shape index (κ3) is 2.41. The summed E-state index contributed by atoms with van der Waals surface area (Å²) in [7, 11) is 0. The van der Waals surface area contributed by atoms with Gasteiger partial charge in [0.25, 0.3) is 0 Å². The maximum atomic E-state index is 4.53. The summed E-state index contributed by atoms with van der Waals surface area (Å²) in [6.45, 7) is 3.17. The van der Waals surface area contributed by atoms with Gasteiger partial charge in [-0.2, -0.15) is 0 Å². The fourth-order valence-corrected chi connectivity index (χ4v) is 3.30. The lowest BCUT2D eigenvalue weighted by Crippen LogP contribution is -2.01. The van der Waals surface area contributed by atoms with E-state index in [1.807, 2.05) is 0 Å². The number of hydrogen-bond acceptors (Lipinski definition) is 2. The van der Waals surface area contributed by atoms with Crippen LogP contribution in [0.5, 0.6) is 0 Å². The van der Waals surface area contributed by atoms with E-state index < -0.39 is 0 Å². The first kappa shape index (κ1) is 9.83. The van der Waals surface area contributed by atoms with Gasteiger partial charge in [-0.3, -0.25) is 0 Å². The van der Waals surface area contributed by atoms with Crippen LogP contribution in [0.15, 0.2) is 45.4 Å². The van der Waals surface area contributed by atoms with Crippen LogP contribution < -0.4 is 0 Å². The third-order valence-corrected chi connectivity index (χ3v) is 4.08. The van der Waals surface area contributed by atoms with Crippen molar-refractivity contribution in [2.75, 3.05) is 0 Å². The minimum atomic E-state index is -0.130. The van der Waals surface area contributed by atoms with Gasteiger partial charge in [0.2, 0.25) is 0 Å². The van der Waals surface area contributed by atoms with Crippen molar-refractivity contribution < 1.29 is 0 Å². The monoisotopic (exact) mass is 300 g/mol. The predicted molar refractivity (Wildman–Crippen MR) is 66.8 cm³/mol. The zero-order chi connectivity index (χ0) is 9.80. The van der Waals surface area contributed by atoms with Crippen LogP contribution in [0.1, 0.15) is 18.9 Å². The number of rotatable bonds is 3. The van der Waals surface area contributed by atoms with E-state index in [4.69, 9.17) is 0 Å². The highest BCUT2D eigenvalue weighted by molar-refractivity contribution is 14.1. The number of allylic oxidation sites excluding steroid dienone is 1. The molecule has 3 heteroatoms. The predicted octanol–water partition coefficient (Wildman–Crippen LogP) is 3.82. The summed E-state index contributed by atoms with van der Waals surface area (Å²) in [6, 6.07) is 10.6. The van der Waals surface area contributed by atoms with Gasteiger partial charge in [0.1, 0.15) is 21.3 Å². The molecule has 1 aliphatic heterocycles. The fraction of sp³-hybridized carbons (Fsp3) is 0.273. The largest absolute Gasteiger partial charge is 0.306 e. The van der Waals surface area contributed by atoms with Gasteiger partial charge in [0.15, 0.2) is 0 Å². The molecule has 74 valence electrons. The third-order valence-electron chi connectivity index (χ3n) is 2.07. The van der Waals surface area contributed by atoms with Gasteiger partial charge < -0.3 is 3.11 Å². The van der Waals surface area contributed by atoms with Crippen LogP contribution in [0.25, 0.3) is 0 Å². The van der Waals surface area contributed by atoms with Crippen LogP contribution in [0.4, 0.5) is 0 Å². The molecule has 0 spiro atoms. The standard InChI is InChI=1S/C11H13IN2/c1-2-11-9-14(12-13-11)8-10-6-4-3-5-7-10/h3-7,9H,2,8H2,1H3. The minimum absolute atomic E-state index is 0.130. The molecule has 0 unspecified atom stereocenters. The average Bonchev–Trinajstić information content (AvgIpc) is 2.67. The Morgan fingerprint density at radius 2 is 2.07 bits per heavy atom. The molecule has 0 radical (unpaired) electrons. The molecule has 0 saturated carbocycles. The molecule has 14 heavy (non-hydrogen) atoms. The molecule has 2 rings (SSSR count). The first-order valence-corrected chi connectivity index (χ1v) is 6.68. The Morgan fingerprint density at radius 1 is 1.29 bits per heavy atom. The maximum Gasteiger partial charge on any atom is 0.121 e. The van der Waals surface area contributed by atoms with Crippen molar-refractivity contribution in [1.82, 2.24) is 3.11 Å². The number of halogens is 1. The van der Waals surface area contributed by atoms with E-state index in [1.54, 1.807) is 0 Å². The second-order valence-electron chi connectivity index (χ2n) is 3.18. The summed E-state index contributed by atoms with van der Waals surface area (Å²) < 4.78 is 6.88. The number of hydrogen-bond donors (Lipinski definition) is 0. The van der Waals surface area contributed by atoms with E-state index in [-0.39, 0.29) is 21.3 Å². The molecule has 2 nitrogen and oxygen atoms in total. The first-order valence-electron chi connectivity index (χ1n) is 4.75. The maximum absolute atomic E-state index is 4.53. The van der Waals surface area contributed by atoms with Gasteiger partial charge in [0, 0.05) is 6.20 Å². The summed E-state index contributed by atoms with van der Waals surface area (Å²) >= 11 is -0.130. The molecule has 1 aromatic carbocycles. The van der Waals surface area contributed by atoms with Crippen molar-refractivity contribution in [2.45, 2.75) is 19.9 Å². The molecule has 0 bridgehead atoms. The molecule has 0 fully saturated rings. The van der Waals surface area contributed by atoms with Crippen molar-refractivity contribution >= 4 is 21.3 Å². The van der Waals surface area contributed by atoms with E-state index >= 15 is 0 Å². The average molecular weight is 300 g/mol. The normalized spacial score (nSPS) is 15.2. The number of benzene rings is 1. The van der Waals surface area contributed by atoms with Crippen molar-refractivity contribution in [2.24, 2.45) is 3.15 Å². The zero-order valence-electron chi connectivity index (χ0n) is 8.15. The summed E-state index contributed by atoms with van der Waals surface area (Å²) in [5.41, 5.74) is 2.63. The lowest BCUT2D eigenvalue weighted by molar-refractivity contribution is 0.660. The fourth-order valence-electron chi connectivity index (χ4n) is 1.28. The molecule has 1 heterocycles. The second kappa shape index (κ2) is 4.68. The van der Waals surface area contributed by atoms with Crippen LogP contribution in [-0.2, 0) is 6.54 Å². The molecule has 0 aromatic heterocycles. The molecule has 0 saturated heterocycles. The molecular weight excluding hydrogens is 287 g/mol. The Kier molecular flexibility index (Phi) is 3.29. The quantitative estimate of drug-likeness (QED) is 0.612. The van der Waals surface area contributed by atoms with Crippen LogP contribution in [0.2, 0.25) is 0 Å². The van der Waals surface area contributed by atoms with Gasteiger partial charge >= 0.3 is 0 Å². The van der Waals surface area contributed by atoms with E-state index in [2.05, 4.69) is 49.7 Å². The Bertz CT molecular complexity index is 357. The summed E-state index contributed by atoms with van der Waals surface area (Å²) in [5.74, 6) is 0. The Morgan fingerprint density at radius 3 is 2.71 bits per heavy atom. The van der Waals surface area contributed by atoms with E-state index in [0.717, 1.165) is 13.0 Å². The highest BCUT2D eigenvalue weighted by atomic mass is 127. The summed E-state index contributed by atoms with van der Waals surface area (Å²) in [6.07, 6.45) is 3.27. The van der Waals surface area contributed by atoms with Crippen LogP contribution in [-0.4, -0.2) is 3.11 Å². The van der Waals surface area contributed by atoms with Crippen molar-refractivity contribution in [3.8, 4) is 0 Å². The molecule has 0 amide bonds. The van der Waals surface area contributed by atoms with Gasteiger partial charge in [-0.1, -0.05) is 37.3 Å². The van der Waals surface area contributed by atoms with Gasteiger partial charge in [-0.15, -0.1) is 0 Å². The zero-order valence-corrected chi connectivity index (χ0v) is 10.3. The first-order chi connectivity index (χ1) is 6.88. The van der Waals surface area contributed by atoms with Crippen LogP contribution >= 0.6 is 21.3 Å². The molecule has 0 aliphatic carbocycles. The van der Waals surface area contributed by atoms with Crippen LogP contribution in [0, 0.1) is 0 Å². The molecular formula is C11H13IN2. The van der Waals surface area contributed by atoms with Crippen molar-refractivity contribution in [3.63, 3.8) is 0 Å². The van der Waals surface area contributed by atoms with Crippen molar-refractivity contribution in [1.29, 1.82) is 0 Å². The Hall–Kier alpha value is -0.710. The van der Waals surface area contributed by atoms with E-state index in [0.29, 0.717) is 0 Å². The second-order valence-corrected chi connectivity index (χ2v) is 5.33. The van der Waals surface area contributed by atoms with E-state index in [9.17, 15) is 0 Å². The smallest absolute Gasteiger partial charge is 0.121 e. The SMILES string of the molecule is CCC1=CN(Cc2ccccc2)I=N1. The molecule has 1 aromatic rings. The minimum Gasteiger partial charge on any atom is -0.306 e. The molecule has 0 atom stereocenters.